The molecule has 37 heavy (non-hydrogen) atoms. The van der Waals surface area contributed by atoms with E-state index in [1.54, 1.807) is 50.3 Å². The summed E-state index contributed by atoms with van der Waals surface area (Å²) in [6, 6.07) is 10.5. The zero-order valence-corrected chi connectivity index (χ0v) is 22.2. The lowest BCUT2D eigenvalue weighted by molar-refractivity contribution is -0.139. The van der Waals surface area contributed by atoms with Gasteiger partial charge in [-0.15, -0.1) is 0 Å². The molecule has 2 unspecified atom stereocenters. The van der Waals surface area contributed by atoms with Gasteiger partial charge in [0, 0.05) is 24.4 Å². The number of aromatic nitrogens is 1. The molecule has 3 rings (SSSR count). The van der Waals surface area contributed by atoms with Gasteiger partial charge in [0.25, 0.3) is 0 Å². The molecule has 2 aromatic rings. The fourth-order valence-corrected chi connectivity index (χ4v) is 4.48. The van der Waals surface area contributed by atoms with Crippen LogP contribution < -0.4 is 5.32 Å². The number of esters is 1. The number of rotatable bonds is 11. The van der Waals surface area contributed by atoms with Gasteiger partial charge in [0.05, 0.1) is 65.5 Å². The molecule has 0 fully saturated rings. The number of aliphatic hydroxyl groups is 1. The van der Waals surface area contributed by atoms with Gasteiger partial charge < -0.3 is 24.6 Å². The molecule has 8 nitrogen and oxygen atoms in total. The fourth-order valence-electron chi connectivity index (χ4n) is 4.07. The van der Waals surface area contributed by atoms with E-state index in [1.165, 1.54) is 7.11 Å². The largest absolute Gasteiger partial charge is 0.498 e. The first-order valence-corrected chi connectivity index (χ1v) is 12.3. The second-order valence-corrected chi connectivity index (χ2v) is 9.33. The van der Waals surface area contributed by atoms with Gasteiger partial charge in [0.2, 0.25) is 0 Å². The molecular formula is C27H28Cl2N2O6. The van der Waals surface area contributed by atoms with Crippen molar-refractivity contribution < 1.29 is 28.9 Å². The topological polar surface area (TPSA) is 107 Å². The van der Waals surface area contributed by atoms with Crippen LogP contribution in [0.2, 0.25) is 10.0 Å². The van der Waals surface area contributed by atoms with Crippen molar-refractivity contribution >= 4 is 35.1 Å². The Balaban J connectivity index is 2.01. The molecule has 0 spiro atoms. The second-order valence-electron chi connectivity index (χ2n) is 8.55. The van der Waals surface area contributed by atoms with Gasteiger partial charge >= 0.3 is 5.97 Å². The number of nitrogens with one attached hydrogen (secondary N) is 1. The van der Waals surface area contributed by atoms with Crippen LogP contribution in [0.3, 0.4) is 0 Å². The van der Waals surface area contributed by atoms with Crippen molar-refractivity contribution in [3.8, 4) is 0 Å². The van der Waals surface area contributed by atoms with E-state index in [1.807, 2.05) is 12.1 Å². The molecule has 2 heterocycles. The number of dihydropyridines is 1. The van der Waals surface area contributed by atoms with Crippen molar-refractivity contribution in [3.05, 3.63) is 92.7 Å². The highest BCUT2D eigenvalue weighted by molar-refractivity contribution is 6.42. The van der Waals surface area contributed by atoms with E-state index in [0.29, 0.717) is 17.0 Å². The number of halogens is 2. The smallest absolute Gasteiger partial charge is 0.336 e. The Morgan fingerprint density at radius 2 is 2.05 bits per heavy atom. The molecule has 1 aliphatic heterocycles. The highest BCUT2D eigenvalue weighted by Crippen LogP contribution is 2.43. The normalized spacial score (nSPS) is 17.0. The minimum Gasteiger partial charge on any atom is -0.498 e. The number of nitrogens with zero attached hydrogens (tertiary/aromatic N) is 1. The summed E-state index contributed by atoms with van der Waals surface area (Å²) in [6.45, 7) is 3.27. The molecule has 0 aliphatic carbocycles. The third-order valence-electron chi connectivity index (χ3n) is 5.59. The van der Waals surface area contributed by atoms with Gasteiger partial charge in [-0.25, -0.2) is 9.59 Å². The van der Waals surface area contributed by atoms with E-state index in [-0.39, 0.29) is 53.3 Å². The van der Waals surface area contributed by atoms with Crippen molar-refractivity contribution in [2.45, 2.75) is 31.8 Å². The van der Waals surface area contributed by atoms with E-state index in [4.69, 9.17) is 37.4 Å². The highest BCUT2D eigenvalue weighted by atomic mass is 35.5. The summed E-state index contributed by atoms with van der Waals surface area (Å²) in [7, 11) is 1.42. The lowest BCUT2D eigenvalue weighted by Crippen LogP contribution is -2.36. The third kappa shape index (κ3) is 7.01. The SMILES string of the molecule is CCOC(=O)C1=C(COCC(C)(O)Cc2ccccn2)NC(C=C=O)=C(OC)C1c1cccc(Cl)c1Cl. The van der Waals surface area contributed by atoms with E-state index < -0.39 is 17.5 Å². The number of hydrogen-bond acceptors (Lipinski definition) is 8. The van der Waals surface area contributed by atoms with Crippen molar-refractivity contribution in [1.29, 1.82) is 0 Å². The fraction of sp³-hybridized carbons (Fsp3) is 0.333. The summed E-state index contributed by atoms with van der Waals surface area (Å²) >= 11 is 12.8. The molecule has 1 aromatic carbocycles. The van der Waals surface area contributed by atoms with Gasteiger partial charge in [-0.2, -0.15) is 0 Å². The van der Waals surface area contributed by atoms with Gasteiger partial charge in [0.1, 0.15) is 11.7 Å². The predicted octanol–water partition coefficient (Wildman–Crippen LogP) is 4.15. The first kappa shape index (κ1) is 28.4. The summed E-state index contributed by atoms with van der Waals surface area (Å²) in [5, 5.41) is 14.4. The highest BCUT2D eigenvalue weighted by Gasteiger charge is 2.38. The van der Waals surface area contributed by atoms with Crippen molar-refractivity contribution in [2.24, 2.45) is 0 Å². The van der Waals surface area contributed by atoms with Gasteiger partial charge in [-0.3, -0.25) is 4.98 Å². The Bertz CT molecular complexity index is 1240. The van der Waals surface area contributed by atoms with Crippen LogP contribution in [0.4, 0.5) is 0 Å². The molecule has 0 radical (unpaired) electrons. The third-order valence-corrected chi connectivity index (χ3v) is 6.42. The molecule has 0 saturated carbocycles. The molecule has 10 heteroatoms. The summed E-state index contributed by atoms with van der Waals surface area (Å²) < 4.78 is 16.8. The number of ether oxygens (including phenoxy) is 3. The lowest BCUT2D eigenvalue weighted by atomic mass is 9.84. The minimum absolute atomic E-state index is 0.0624. The minimum atomic E-state index is -1.23. The number of benzene rings is 1. The molecule has 196 valence electrons. The van der Waals surface area contributed by atoms with E-state index in [0.717, 1.165) is 6.08 Å². The van der Waals surface area contributed by atoms with Gasteiger partial charge in [-0.1, -0.05) is 41.4 Å². The van der Waals surface area contributed by atoms with Crippen LogP contribution in [0.25, 0.3) is 0 Å². The van der Waals surface area contributed by atoms with E-state index >= 15 is 0 Å². The maximum absolute atomic E-state index is 13.2. The molecule has 0 bridgehead atoms. The molecule has 0 amide bonds. The molecule has 2 atom stereocenters. The number of carbonyl (C=O) groups excluding carboxylic acids is 2. The first-order valence-electron chi connectivity index (χ1n) is 11.5. The number of pyridine rings is 1. The number of carbonyl (C=O) groups is 1. The zero-order valence-electron chi connectivity index (χ0n) is 20.7. The Morgan fingerprint density at radius 1 is 1.27 bits per heavy atom. The van der Waals surface area contributed by atoms with Crippen LogP contribution in [0.1, 0.15) is 31.0 Å². The summed E-state index contributed by atoms with van der Waals surface area (Å²) in [6.07, 6.45) is 3.07. The predicted molar refractivity (Wildman–Crippen MR) is 140 cm³/mol. The molecule has 2 N–H and O–H groups in total. The molecular weight excluding hydrogens is 519 g/mol. The number of hydrogen-bond donors (Lipinski definition) is 2. The zero-order chi connectivity index (χ0) is 27.0. The second kappa shape index (κ2) is 12.9. The summed E-state index contributed by atoms with van der Waals surface area (Å²) in [4.78, 5) is 28.8. The van der Waals surface area contributed by atoms with E-state index in [9.17, 15) is 14.7 Å². The summed E-state index contributed by atoms with van der Waals surface area (Å²) in [5.74, 6) is 0.504. The van der Waals surface area contributed by atoms with E-state index in [2.05, 4.69) is 10.3 Å². The average Bonchev–Trinajstić information content (AvgIpc) is 2.86. The standard InChI is InChI=1S/C27H28Cl2N2O6/c1-4-37-26(33)23-21(15-36-16-27(2,34)14-17-8-5-6-12-30-17)31-20(11-13-32)25(35-3)22(23)18-9-7-10-19(28)24(18)29/h5-12,22,31,34H,4,14-16H2,1-3H3. The lowest BCUT2D eigenvalue weighted by Gasteiger charge is -2.32. The van der Waals surface area contributed by atoms with Gasteiger partial charge in [0.15, 0.2) is 0 Å². The van der Waals surface area contributed by atoms with Crippen LogP contribution in [0.15, 0.2) is 71.4 Å². The molecule has 1 aromatic heterocycles. The van der Waals surface area contributed by atoms with Crippen LogP contribution in [-0.2, 0) is 30.2 Å². The maximum atomic E-state index is 13.2. The first-order chi connectivity index (χ1) is 17.7. The van der Waals surface area contributed by atoms with Crippen LogP contribution in [0.5, 0.6) is 0 Å². The molecule has 0 saturated heterocycles. The van der Waals surface area contributed by atoms with Crippen molar-refractivity contribution in [2.75, 3.05) is 26.9 Å². The van der Waals surface area contributed by atoms with Gasteiger partial charge in [-0.05, 0) is 37.6 Å². The average molecular weight is 547 g/mol. The maximum Gasteiger partial charge on any atom is 0.336 e. The van der Waals surface area contributed by atoms with Crippen molar-refractivity contribution in [3.63, 3.8) is 0 Å². The Hall–Kier alpha value is -3.13. The van der Waals surface area contributed by atoms with Crippen LogP contribution >= 0.6 is 23.2 Å². The quantitative estimate of drug-likeness (QED) is 0.319. The number of allylic oxidation sites excluding steroid dienone is 2. The Labute approximate surface area is 225 Å². The Morgan fingerprint density at radius 3 is 2.70 bits per heavy atom. The Kier molecular flexibility index (Phi) is 9.92. The van der Waals surface area contributed by atoms with Crippen LogP contribution in [0, 0.1) is 0 Å². The number of methoxy groups -OCH3 is 1. The van der Waals surface area contributed by atoms with Crippen molar-refractivity contribution in [1.82, 2.24) is 10.3 Å². The molecule has 1 aliphatic rings. The summed E-state index contributed by atoms with van der Waals surface area (Å²) in [5.41, 5.74) is 0.714. The van der Waals surface area contributed by atoms with Crippen LogP contribution in [-0.4, -0.2) is 54.5 Å². The monoisotopic (exact) mass is 546 g/mol.